The number of hydrogen-bond donors (Lipinski definition) is 2. The Morgan fingerprint density at radius 3 is 2.54 bits per heavy atom. The summed E-state index contributed by atoms with van der Waals surface area (Å²) >= 11 is 0. The summed E-state index contributed by atoms with van der Waals surface area (Å²) in [5, 5.41) is 15.8. The van der Waals surface area contributed by atoms with Crippen molar-refractivity contribution in [2.24, 2.45) is 0 Å². The van der Waals surface area contributed by atoms with Crippen molar-refractivity contribution in [2.75, 3.05) is 14.2 Å². The molecule has 1 aromatic heterocycles. The van der Waals surface area contributed by atoms with Crippen LogP contribution in [0.25, 0.3) is 0 Å². The van der Waals surface area contributed by atoms with Crippen LogP contribution in [0.3, 0.4) is 0 Å². The van der Waals surface area contributed by atoms with Crippen LogP contribution < -0.4 is 14.8 Å². The zero-order valence-corrected chi connectivity index (χ0v) is 15.2. The van der Waals surface area contributed by atoms with E-state index in [2.05, 4.69) is 10.5 Å². The van der Waals surface area contributed by atoms with Crippen molar-refractivity contribution in [3.63, 3.8) is 0 Å². The van der Waals surface area contributed by atoms with E-state index in [-0.39, 0.29) is 18.7 Å². The van der Waals surface area contributed by atoms with Gasteiger partial charge in [-0.25, -0.2) is 0 Å². The van der Waals surface area contributed by atoms with E-state index in [9.17, 15) is 14.7 Å². The molecule has 0 saturated carbocycles. The fraction of sp³-hybridized carbons (Fsp3) is 0.389. The Bertz CT molecular complexity index is 779. The number of aryl methyl sites for hydroxylation is 2. The van der Waals surface area contributed by atoms with Gasteiger partial charge in [-0.05, 0) is 26.0 Å². The molecule has 0 saturated heterocycles. The molecule has 2 rings (SSSR count). The van der Waals surface area contributed by atoms with Crippen LogP contribution in [0.5, 0.6) is 11.5 Å². The number of methoxy groups -OCH3 is 2. The lowest BCUT2D eigenvalue weighted by molar-refractivity contribution is -0.137. The fourth-order valence-electron chi connectivity index (χ4n) is 2.68. The van der Waals surface area contributed by atoms with E-state index < -0.39 is 12.0 Å². The number of carbonyl (C=O) groups is 2. The Morgan fingerprint density at radius 1 is 1.27 bits per heavy atom. The average molecular weight is 362 g/mol. The minimum atomic E-state index is -1.04. The monoisotopic (exact) mass is 362 g/mol. The Morgan fingerprint density at radius 2 is 2.00 bits per heavy atom. The lowest BCUT2D eigenvalue weighted by Crippen LogP contribution is -2.31. The SMILES string of the molecule is COc1ccc(C(CC(=O)O)NC(=O)Cc2c(C)noc2C)c(OC)c1. The second kappa shape index (κ2) is 8.37. The van der Waals surface area contributed by atoms with Crippen LogP contribution in [-0.4, -0.2) is 36.4 Å². The van der Waals surface area contributed by atoms with Crippen LogP contribution in [0.15, 0.2) is 22.7 Å². The highest BCUT2D eigenvalue weighted by molar-refractivity contribution is 5.80. The third-order valence-corrected chi connectivity index (χ3v) is 4.05. The standard InChI is InChI=1S/C18H22N2O6/c1-10-14(11(2)26-20-10)8-17(21)19-15(9-18(22)23)13-6-5-12(24-3)7-16(13)25-4/h5-7,15H,8-9H2,1-4H3,(H,19,21)(H,22,23). The Hall–Kier alpha value is -3.03. The van der Waals surface area contributed by atoms with Crippen molar-refractivity contribution >= 4 is 11.9 Å². The van der Waals surface area contributed by atoms with E-state index in [0.29, 0.717) is 34.1 Å². The fourth-order valence-corrected chi connectivity index (χ4v) is 2.68. The molecule has 0 radical (unpaired) electrons. The molecule has 0 aliphatic heterocycles. The number of rotatable bonds is 8. The maximum Gasteiger partial charge on any atom is 0.305 e. The van der Waals surface area contributed by atoms with Gasteiger partial charge in [0.05, 0.1) is 38.8 Å². The number of nitrogens with zero attached hydrogens (tertiary/aromatic N) is 1. The molecule has 2 aromatic rings. The molecule has 0 spiro atoms. The molecular formula is C18H22N2O6. The molecule has 1 heterocycles. The third-order valence-electron chi connectivity index (χ3n) is 4.05. The number of aliphatic carboxylic acids is 1. The van der Waals surface area contributed by atoms with Crippen molar-refractivity contribution < 1.29 is 28.7 Å². The highest BCUT2D eigenvalue weighted by Gasteiger charge is 2.23. The largest absolute Gasteiger partial charge is 0.497 e. The van der Waals surface area contributed by atoms with Crippen LogP contribution in [0.2, 0.25) is 0 Å². The van der Waals surface area contributed by atoms with Gasteiger partial charge < -0.3 is 24.4 Å². The number of carboxylic acids is 1. The highest BCUT2D eigenvalue weighted by atomic mass is 16.5. The molecule has 1 amide bonds. The number of carbonyl (C=O) groups excluding carboxylic acids is 1. The lowest BCUT2D eigenvalue weighted by Gasteiger charge is -2.20. The molecule has 0 aliphatic rings. The van der Waals surface area contributed by atoms with Crippen LogP contribution >= 0.6 is 0 Å². The van der Waals surface area contributed by atoms with Gasteiger partial charge in [0.2, 0.25) is 5.91 Å². The summed E-state index contributed by atoms with van der Waals surface area (Å²) in [6, 6.07) is 4.26. The molecule has 1 aromatic carbocycles. The van der Waals surface area contributed by atoms with Gasteiger partial charge in [-0.15, -0.1) is 0 Å². The number of ether oxygens (including phenoxy) is 2. The van der Waals surface area contributed by atoms with Crippen LogP contribution in [0.4, 0.5) is 0 Å². The summed E-state index contributed by atoms with van der Waals surface area (Å²) < 4.78 is 15.5. The average Bonchev–Trinajstić information content (AvgIpc) is 2.92. The van der Waals surface area contributed by atoms with Gasteiger partial charge in [-0.2, -0.15) is 0 Å². The van der Waals surface area contributed by atoms with Gasteiger partial charge in [0.1, 0.15) is 17.3 Å². The van der Waals surface area contributed by atoms with E-state index in [4.69, 9.17) is 14.0 Å². The first-order valence-corrected chi connectivity index (χ1v) is 8.00. The molecule has 2 N–H and O–H groups in total. The molecule has 1 atom stereocenters. The lowest BCUT2D eigenvalue weighted by atomic mass is 10.0. The quantitative estimate of drug-likeness (QED) is 0.740. The minimum Gasteiger partial charge on any atom is -0.497 e. The molecule has 140 valence electrons. The van der Waals surface area contributed by atoms with Gasteiger partial charge in [0.25, 0.3) is 0 Å². The molecule has 0 aliphatic carbocycles. The van der Waals surface area contributed by atoms with Crippen LogP contribution in [0, 0.1) is 13.8 Å². The maximum atomic E-state index is 12.5. The predicted molar refractivity (Wildman–Crippen MR) is 92.4 cm³/mol. The summed E-state index contributed by atoms with van der Waals surface area (Å²) in [5.41, 5.74) is 1.88. The molecular weight excluding hydrogens is 340 g/mol. The van der Waals surface area contributed by atoms with Crippen molar-refractivity contribution in [1.82, 2.24) is 10.5 Å². The van der Waals surface area contributed by atoms with Gasteiger partial charge in [0.15, 0.2) is 0 Å². The van der Waals surface area contributed by atoms with E-state index in [0.717, 1.165) is 0 Å². The topological polar surface area (TPSA) is 111 Å². The van der Waals surface area contributed by atoms with Crippen molar-refractivity contribution in [1.29, 1.82) is 0 Å². The van der Waals surface area contributed by atoms with E-state index >= 15 is 0 Å². The molecule has 8 heteroatoms. The third kappa shape index (κ3) is 4.53. The summed E-state index contributed by atoms with van der Waals surface area (Å²) in [6.45, 7) is 3.48. The first-order chi connectivity index (χ1) is 12.3. The first-order valence-electron chi connectivity index (χ1n) is 8.00. The summed E-state index contributed by atoms with van der Waals surface area (Å²) in [6.07, 6.45) is -0.230. The first kappa shape index (κ1) is 19.3. The Labute approximate surface area is 151 Å². The van der Waals surface area contributed by atoms with Gasteiger partial charge in [0, 0.05) is 17.2 Å². The minimum absolute atomic E-state index is 0.0513. The molecule has 0 fully saturated rings. The zero-order chi connectivity index (χ0) is 19.3. The smallest absolute Gasteiger partial charge is 0.305 e. The molecule has 1 unspecified atom stereocenters. The van der Waals surface area contributed by atoms with Crippen molar-refractivity contribution in [3.8, 4) is 11.5 Å². The molecule has 26 heavy (non-hydrogen) atoms. The summed E-state index contributed by atoms with van der Waals surface area (Å²) in [5.74, 6) is 0.207. The predicted octanol–water partition coefficient (Wildman–Crippen LogP) is 2.18. The zero-order valence-electron chi connectivity index (χ0n) is 15.2. The normalized spacial score (nSPS) is 11.7. The van der Waals surface area contributed by atoms with Gasteiger partial charge in [-0.1, -0.05) is 5.16 Å². The number of nitrogens with one attached hydrogen (secondary N) is 1. The number of benzene rings is 1. The summed E-state index contributed by atoms with van der Waals surface area (Å²) in [7, 11) is 3.00. The number of amides is 1. The Balaban J connectivity index is 2.25. The number of hydrogen-bond acceptors (Lipinski definition) is 6. The highest BCUT2D eigenvalue weighted by Crippen LogP contribution is 2.31. The summed E-state index contributed by atoms with van der Waals surface area (Å²) in [4.78, 5) is 23.7. The second-order valence-electron chi connectivity index (χ2n) is 5.81. The van der Waals surface area contributed by atoms with Crippen LogP contribution in [-0.2, 0) is 16.0 Å². The van der Waals surface area contributed by atoms with Crippen LogP contribution in [0.1, 0.15) is 35.0 Å². The van der Waals surface area contributed by atoms with E-state index in [1.54, 1.807) is 32.0 Å². The molecule has 0 bridgehead atoms. The van der Waals surface area contributed by atoms with Gasteiger partial charge >= 0.3 is 5.97 Å². The van der Waals surface area contributed by atoms with E-state index in [1.807, 2.05) is 0 Å². The van der Waals surface area contributed by atoms with Gasteiger partial charge in [-0.3, -0.25) is 9.59 Å². The second-order valence-corrected chi connectivity index (χ2v) is 5.81. The van der Waals surface area contributed by atoms with Crippen molar-refractivity contribution in [2.45, 2.75) is 32.7 Å². The van der Waals surface area contributed by atoms with E-state index in [1.165, 1.54) is 14.2 Å². The Kier molecular flexibility index (Phi) is 6.21. The van der Waals surface area contributed by atoms with Crippen molar-refractivity contribution in [3.05, 3.63) is 40.8 Å². The maximum absolute atomic E-state index is 12.5. The number of carboxylic acid groups (broad SMARTS) is 1. The number of aromatic nitrogens is 1. The molecule has 8 nitrogen and oxygen atoms in total.